The fraction of sp³-hybridized carbons (Fsp3) is 0.125. The lowest BCUT2D eigenvalue weighted by Crippen LogP contribution is -2.14. The molecule has 2 rings (SSSR count). The van der Waals surface area contributed by atoms with Gasteiger partial charge in [0.05, 0.1) is 0 Å². The van der Waals surface area contributed by atoms with Gasteiger partial charge in [0.2, 0.25) is 11.6 Å². The molecule has 0 amide bonds. The number of benzene rings is 2. The van der Waals surface area contributed by atoms with E-state index in [1.54, 1.807) is 24.3 Å². The first-order valence-corrected chi connectivity index (χ1v) is 6.60. The minimum Gasteiger partial charge on any atom is -0.285 e. The Labute approximate surface area is 117 Å². The Balaban J connectivity index is 2.23. The Hall–Kier alpha value is -1.87. The Bertz CT molecular complexity index is 598. The molecule has 0 radical (unpaired) electrons. The van der Waals surface area contributed by atoms with E-state index in [2.05, 4.69) is 12.6 Å². The minimum atomic E-state index is -0.477. The minimum absolute atomic E-state index is 0.413. The molecule has 0 saturated carbocycles. The second-order valence-electron chi connectivity index (χ2n) is 4.38. The smallest absolute Gasteiger partial charge is 0.233 e. The van der Waals surface area contributed by atoms with Crippen LogP contribution in [-0.4, -0.2) is 11.6 Å². The van der Waals surface area contributed by atoms with Gasteiger partial charge in [-0.05, 0) is 12.5 Å². The van der Waals surface area contributed by atoms with E-state index >= 15 is 0 Å². The van der Waals surface area contributed by atoms with Gasteiger partial charge in [-0.25, -0.2) is 0 Å². The summed E-state index contributed by atoms with van der Waals surface area (Å²) in [4.78, 5) is 24.1. The number of ketones is 2. The van der Waals surface area contributed by atoms with Crippen LogP contribution in [0.3, 0.4) is 0 Å². The van der Waals surface area contributed by atoms with Crippen LogP contribution in [0.2, 0.25) is 0 Å². The van der Waals surface area contributed by atoms with Crippen molar-refractivity contribution in [3.8, 4) is 0 Å². The molecule has 0 aromatic heterocycles. The lowest BCUT2D eigenvalue weighted by Gasteiger charge is -2.02. The van der Waals surface area contributed by atoms with Crippen molar-refractivity contribution in [3.63, 3.8) is 0 Å². The first-order valence-electron chi connectivity index (χ1n) is 5.97. The maximum Gasteiger partial charge on any atom is 0.233 e. The molecule has 0 spiro atoms. The highest BCUT2D eigenvalue weighted by Crippen LogP contribution is 2.11. The summed E-state index contributed by atoms with van der Waals surface area (Å²) in [6.07, 6.45) is 0. The van der Waals surface area contributed by atoms with Crippen LogP contribution < -0.4 is 0 Å². The van der Waals surface area contributed by atoms with E-state index < -0.39 is 11.6 Å². The summed E-state index contributed by atoms with van der Waals surface area (Å²) in [5.74, 6) is -0.339. The van der Waals surface area contributed by atoms with Gasteiger partial charge >= 0.3 is 0 Å². The molecule has 2 aromatic rings. The van der Waals surface area contributed by atoms with E-state index in [0.717, 1.165) is 11.1 Å². The molecule has 19 heavy (non-hydrogen) atoms. The summed E-state index contributed by atoms with van der Waals surface area (Å²) in [5, 5.41) is 0. The third-order valence-corrected chi connectivity index (χ3v) is 3.28. The monoisotopic (exact) mass is 270 g/mol. The van der Waals surface area contributed by atoms with Crippen molar-refractivity contribution in [1.82, 2.24) is 0 Å². The van der Waals surface area contributed by atoms with Crippen LogP contribution in [0.1, 0.15) is 31.8 Å². The van der Waals surface area contributed by atoms with E-state index in [9.17, 15) is 9.59 Å². The SMILES string of the molecule is Cc1ccc(C(=O)C(=O)c2ccc(CS)cc2)cc1. The maximum atomic E-state index is 12.1. The standard InChI is InChI=1S/C16H14O2S/c1-11-2-6-13(7-3-11)15(17)16(18)14-8-4-12(10-19)5-9-14/h2-9,19H,10H2,1H3. The number of rotatable bonds is 4. The van der Waals surface area contributed by atoms with Crippen LogP contribution in [0.15, 0.2) is 48.5 Å². The molecular weight excluding hydrogens is 256 g/mol. The summed E-state index contributed by atoms with van der Waals surface area (Å²) in [6.45, 7) is 1.94. The summed E-state index contributed by atoms with van der Waals surface area (Å²) >= 11 is 4.15. The largest absolute Gasteiger partial charge is 0.285 e. The van der Waals surface area contributed by atoms with Crippen LogP contribution in [0.5, 0.6) is 0 Å². The van der Waals surface area contributed by atoms with E-state index in [1.165, 1.54) is 0 Å². The number of thiol groups is 1. The quantitative estimate of drug-likeness (QED) is 0.524. The van der Waals surface area contributed by atoms with Gasteiger partial charge in [0, 0.05) is 16.9 Å². The van der Waals surface area contributed by atoms with Crippen LogP contribution in [0.25, 0.3) is 0 Å². The summed E-state index contributed by atoms with van der Waals surface area (Å²) in [7, 11) is 0. The molecule has 2 nitrogen and oxygen atoms in total. The van der Waals surface area contributed by atoms with Crippen LogP contribution in [0, 0.1) is 6.92 Å². The molecule has 2 aromatic carbocycles. The van der Waals surface area contributed by atoms with Crippen molar-refractivity contribution < 1.29 is 9.59 Å². The van der Waals surface area contributed by atoms with E-state index in [4.69, 9.17) is 0 Å². The Kier molecular flexibility index (Phi) is 4.17. The molecule has 96 valence electrons. The molecule has 0 unspecified atom stereocenters. The predicted molar refractivity (Wildman–Crippen MR) is 79.0 cm³/mol. The number of hydrogen-bond acceptors (Lipinski definition) is 3. The number of carbonyl (C=O) groups is 2. The van der Waals surface area contributed by atoms with Gasteiger partial charge < -0.3 is 0 Å². The molecule has 0 aliphatic carbocycles. The lowest BCUT2D eigenvalue weighted by molar-refractivity contribution is 0.0817. The molecular formula is C16H14O2S. The average Bonchev–Trinajstić information content (AvgIpc) is 2.46. The summed E-state index contributed by atoms with van der Waals surface area (Å²) < 4.78 is 0. The van der Waals surface area contributed by atoms with Gasteiger partial charge in [0.15, 0.2) is 0 Å². The highest BCUT2D eigenvalue weighted by molar-refractivity contribution is 7.79. The van der Waals surface area contributed by atoms with E-state index in [0.29, 0.717) is 16.9 Å². The first kappa shape index (κ1) is 13.6. The Morgan fingerprint density at radius 1 is 0.842 bits per heavy atom. The van der Waals surface area contributed by atoms with Crippen molar-refractivity contribution in [2.75, 3.05) is 0 Å². The molecule has 0 N–H and O–H groups in total. The van der Waals surface area contributed by atoms with Crippen molar-refractivity contribution in [3.05, 3.63) is 70.8 Å². The normalized spacial score (nSPS) is 10.2. The number of Topliss-reactive ketones (excluding diaryl/α,β-unsaturated/α-hetero) is 2. The Morgan fingerprint density at radius 3 is 1.68 bits per heavy atom. The van der Waals surface area contributed by atoms with Crippen molar-refractivity contribution >= 4 is 24.2 Å². The zero-order valence-electron chi connectivity index (χ0n) is 10.6. The highest BCUT2D eigenvalue weighted by Gasteiger charge is 2.17. The van der Waals surface area contributed by atoms with Gasteiger partial charge in [0.1, 0.15) is 0 Å². The van der Waals surface area contributed by atoms with Gasteiger partial charge in [-0.2, -0.15) is 12.6 Å². The third-order valence-electron chi connectivity index (χ3n) is 2.92. The average molecular weight is 270 g/mol. The van der Waals surface area contributed by atoms with Crippen LogP contribution >= 0.6 is 12.6 Å². The third kappa shape index (κ3) is 3.12. The number of carbonyl (C=O) groups excluding carboxylic acids is 2. The van der Waals surface area contributed by atoms with Crippen molar-refractivity contribution in [2.24, 2.45) is 0 Å². The molecule has 0 aliphatic heterocycles. The Morgan fingerprint density at radius 2 is 1.26 bits per heavy atom. The molecule has 0 saturated heterocycles. The van der Waals surface area contributed by atoms with E-state index in [1.807, 2.05) is 31.2 Å². The zero-order valence-corrected chi connectivity index (χ0v) is 11.5. The molecule has 0 aliphatic rings. The van der Waals surface area contributed by atoms with Gasteiger partial charge in [-0.3, -0.25) is 9.59 Å². The first-order chi connectivity index (χ1) is 9.11. The molecule has 0 heterocycles. The van der Waals surface area contributed by atoms with Gasteiger partial charge in [-0.1, -0.05) is 54.1 Å². The van der Waals surface area contributed by atoms with Crippen molar-refractivity contribution in [1.29, 1.82) is 0 Å². The molecule has 3 heteroatoms. The topological polar surface area (TPSA) is 34.1 Å². The van der Waals surface area contributed by atoms with E-state index in [-0.39, 0.29) is 0 Å². The summed E-state index contributed by atoms with van der Waals surface area (Å²) in [6, 6.07) is 14.0. The molecule has 0 fully saturated rings. The lowest BCUT2D eigenvalue weighted by atomic mass is 10.00. The summed E-state index contributed by atoms with van der Waals surface area (Å²) in [5.41, 5.74) is 2.91. The maximum absolute atomic E-state index is 12.1. The molecule has 0 atom stereocenters. The van der Waals surface area contributed by atoms with Gasteiger partial charge in [0.25, 0.3) is 0 Å². The second kappa shape index (κ2) is 5.85. The number of aryl methyl sites for hydroxylation is 1. The van der Waals surface area contributed by atoms with Crippen LogP contribution in [0.4, 0.5) is 0 Å². The fourth-order valence-electron chi connectivity index (χ4n) is 1.73. The molecule has 0 bridgehead atoms. The van der Waals surface area contributed by atoms with Crippen molar-refractivity contribution in [2.45, 2.75) is 12.7 Å². The van der Waals surface area contributed by atoms with Gasteiger partial charge in [-0.15, -0.1) is 0 Å². The number of hydrogen-bond donors (Lipinski definition) is 1. The highest BCUT2D eigenvalue weighted by atomic mass is 32.1. The zero-order chi connectivity index (χ0) is 13.8. The van der Waals surface area contributed by atoms with Crippen LogP contribution in [-0.2, 0) is 5.75 Å². The predicted octanol–water partition coefficient (Wildman–Crippen LogP) is 3.49. The fourth-order valence-corrected chi connectivity index (χ4v) is 1.94. The second-order valence-corrected chi connectivity index (χ2v) is 4.70.